The van der Waals surface area contributed by atoms with Crippen LogP contribution in [0.5, 0.6) is 0 Å². The topological polar surface area (TPSA) is 101 Å². The minimum atomic E-state index is -0.492. The number of nitro groups is 1. The summed E-state index contributed by atoms with van der Waals surface area (Å²) in [4.78, 5) is 35.8. The van der Waals surface area contributed by atoms with Crippen LogP contribution in [0.15, 0.2) is 47.4 Å². The highest BCUT2D eigenvalue weighted by molar-refractivity contribution is 8.00. The fourth-order valence-electron chi connectivity index (χ4n) is 2.56. The molecule has 7 nitrogen and oxygen atoms in total. The molecular weight excluding hydrogens is 390 g/mol. The molecule has 2 N–H and O–H groups in total. The van der Waals surface area contributed by atoms with Gasteiger partial charge in [0.25, 0.3) is 5.69 Å². The molecule has 154 valence electrons. The maximum atomic E-state index is 12.6. The molecule has 8 heteroatoms. The number of unbranched alkanes of at least 4 members (excludes halogenated alkanes) is 1. The summed E-state index contributed by atoms with van der Waals surface area (Å²) in [5, 5.41) is 16.1. The van der Waals surface area contributed by atoms with Gasteiger partial charge in [0, 0.05) is 29.1 Å². The molecule has 2 aromatic rings. The first-order chi connectivity index (χ1) is 13.8. The second-order valence-corrected chi connectivity index (χ2v) is 8.10. The maximum Gasteiger partial charge on any atom is 0.271 e. The number of hydrogen-bond donors (Lipinski definition) is 2. The molecule has 0 saturated heterocycles. The number of carbonyl (C=O) groups is 2. The van der Waals surface area contributed by atoms with Gasteiger partial charge in [-0.1, -0.05) is 25.5 Å². The molecule has 0 aliphatic rings. The van der Waals surface area contributed by atoms with E-state index in [9.17, 15) is 19.7 Å². The van der Waals surface area contributed by atoms with Crippen molar-refractivity contribution in [1.82, 2.24) is 0 Å². The Morgan fingerprint density at radius 3 is 2.62 bits per heavy atom. The van der Waals surface area contributed by atoms with Gasteiger partial charge < -0.3 is 10.6 Å². The lowest BCUT2D eigenvalue weighted by molar-refractivity contribution is -0.384. The molecule has 0 aromatic heterocycles. The molecule has 1 atom stereocenters. The number of nitro benzene ring substituents is 1. The van der Waals surface area contributed by atoms with Crippen molar-refractivity contribution in [3.05, 3.63) is 58.1 Å². The van der Waals surface area contributed by atoms with E-state index < -0.39 is 10.2 Å². The highest BCUT2D eigenvalue weighted by Gasteiger charge is 2.17. The van der Waals surface area contributed by atoms with E-state index in [1.807, 2.05) is 31.2 Å². The number of anilines is 2. The van der Waals surface area contributed by atoms with Crippen LogP contribution < -0.4 is 10.6 Å². The summed E-state index contributed by atoms with van der Waals surface area (Å²) < 4.78 is 0. The van der Waals surface area contributed by atoms with Crippen molar-refractivity contribution in [2.75, 3.05) is 10.6 Å². The Labute approximate surface area is 174 Å². The van der Waals surface area contributed by atoms with Gasteiger partial charge in [-0.05, 0) is 44.0 Å². The molecule has 0 aliphatic carbocycles. The van der Waals surface area contributed by atoms with E-state index in [-0.39, 0.29) is 17.5 Å². The Balaban J connectivity index is 2.01. The van der Waals surface area contributed by atoms with Crippen molar-refractivity contribution in [3.63, 3.8) is 0 Å². The van der Waals surface area contributed by atoms with Gasteiger partial charge in [0.2, 0.25) is 11.8 Å². The zero-order chi connectivity index (χ0) is 21.4. The quantitative estimate of drug-likeness (QED) is 0.335. The summed E-state index contributed by atoms with van der Waals surface area (Å²) in [6.07, 6.45) is 2.28. The second kappa shape index (κ2) is 10.6. The Morgan fingerprint density at radius 1 is 1.17 bits per heavy atom. The van der Waals surface area contributed by atoms with Gasteiger partial charge >= 0.3 is 0 Å². The summed E-state index contributed by atoms with van der Waals surface area (Å²) in [7, 11) is 0. The third-order valence-corrected chi connectivity index (χ3v) is 5.34. The number of nitrogens with one attached hydrogen (secondary N) is 2. The number of non-ortho nitro benzene ring substituents is 1. The molecule has 2 rings (SSSR count). The van der Waals surface area contributed by atoms with E-state index in [4.69, 9.17) is 0 Å². The number of hydrogen-bond acceptors (Lipinski definition) is 5. The molecule has 2 aromatic carbocycles. The van der Waals surface area contributed by atoms with Crippen LogP contribution in [0.25, 0.3) is 0 Å². The predicted octanol–water partition coefficient (Wildman–Crippen LogP) is 5.15. The first-order valence-corrected chi connectivity index (χ1v) is 10.3. The number of benzene rings is 2. The van der Waals surface area contributed by atoms with Crippen LogP contribution in [0.4, 0.5) is 17.1 Å². The highest BCUT2D eigenvalue weighted by Crippen LogP contribution is 2.28. The fraction of sp³-hybridized carbons (Fsp3) is 0.333. The van der Waals surface area contributed by atoms with Crippen LogP contribution in [0.2, 0.25) is 0 Å². The molecule has 0 saturated carbocycles. The number of amides is 2. The average Bonchev–Trinajstić information content (AvgIpc) is 2.68. The second-order valence-electron chi connectivity index (χ2n) is 6.69. The summed E-state index contributed by atoms with van der Waals surface area (Å²) in [6, 6.07) is 11.7. The van der Waals surface area contributed by atoms with Crippen LogP contribution in [-0.2, 0) is 9.59 Å². The number of thioether (sulfide) groups is 1. The van der Waals surface area contributed by atoms with Crippen molar-refractivity contribution >= 4 is 40.6 Å². The summed E-state index contributed by atoms with van der Waals surface area (Å²) in [6.45, 7) is 5.58. The van der Waals surface area contributed by atoms with Gasteiger partial charge in [-0.3, -0.25) is 19.7 Å². The van der Waals surface area contributed by atoms with Crippen LogP contribution in [0.1, 0.15) is 38.7 Å². The Bertz CT molecular complexity index is 901. The molecule has 0 bridgehead atoms. The fourth-order valence-corrected chi connectivity index (χ4v) is 3.48. The number of rotatable bonds is 9. The third kappa shape index (κ3) is 6.90. The van der Waals surface area contributed by atoms with Gasteiger partial charge in [0.05, 0.1) is 15.9 Å². The Morgan fingerprint density at radius 2 is 1.93 bits per heavy atom. The highest BCUT2D eigenvalue weighted by atomic mass is 32.2. The largest absolute Gasteiger partial charge is 0.326 e. The van der Waals surface area contributed by atoms with Gasteiger partial charge in [-0.2, -0.15) is 0 Å². The SMILES string of the molecule is CCCCC(=O)Nc1cccc(SC(C)C(=O)Nc2cc([N+](=O)[O-])ccc2C)c1. The molecule has 0 spiro atoms. The molecule has 1 unspecified atom stereocenters. The van der Waals surface area contributed by atoms with E-state index in [1.165, 1.54) is 23.9 Å². The van der Waals surface area contributed by atoms with E-state index in [0.29, 0.717) is 17.8 Å². The first kappa shape index (κ1) is 22.4. The van der Waals surface area contributed by atoms with Crippen molar-refractivity contribution in [2.45, 2.75) is 50.2 Å². The number of aryl methyl sites for hydroxylation is 1. The molecule has 29 heavy (non-hydrogen) atoms. The van der Waals surface area contributed by atoms with Crippen molar-refractivity contribution in [3.8, 4) is 0 Å². The molecule has 2 amide bonds. The first-order valence-electron chi connectivity index (χ1n) is 9.42. The smallest absolute Gasteiger partial charge is 0.271 e. The monoisotopic (exact) mass is 415 g/mol. The average molecular weight is 416 g/mol. The van der Waals surface area contributed by atoms with E-state index in [2.05, 4.69) is 10.6 Å². The minimum absolute atomic E-state index is 0.0269. The van der Waals surface area contributed by atoms with Gasteiger partial charge in [-0.15, -0.1) is 11.8 Å². The maximum absolute atomic E-state index is 12.6. The van der Waals surface area contributed by atoms with Crippen LogP contribution in [0.3, 0.4) is 0 Å². The Hall–Kier alpha value is -2.87. The van der Waals surface area contributed by atoms with E-state index >= 15 is 0 Å². The predicted molar refractivity (Wildman–Crippen MR) is 116 cm³/mol. The Kier molecular flexibility index (Phi) is 8.21. The van der Waals surface area contributed by atoms with E-state index in [0.717, 1.165) is 23.3 Å². The van der Waals surface area contributed by atoms with Gasteiger partial charge in [0.1, 0.15) is 0 Å². The summed E-state index contributed by atoms with van der Waals surface area (Å²) in [5.74, 6) is -0.281. The lowest BCUT2D eigenvalue weighted by Gasteiger charge is -2.14. The minimum Gasteiger partial charge on any atom is -0.326 e. The summed E-state index contributed by atoms with van der Waals surface area (Å²) >= 11 is 1.35. The summed E-state index contributed by atoms with van der Waals surface area (Å²) in [5.41, 5.74) is 1.79. The van der Waals surface area contributed by atoms with Crippen molar-refractivity contribution in [2.24, 2.45) is 0 Å². The van der Waals surface area contributed by atoms with Crippen molar-refractivity contribution in [1.29, 1.82) is 0 Å². The normalized spacial score (nSPS) is 11.6. The molecule has 0 fully saturated rings. The molecule has 0 aliphatic heterocycles. The third-order valence-electron chi connectivity index (χ3n) is 4.25. The van der Waals surface area contributed by atoms with E-state index in [1.54, 1.807) is 19.9 Å². The zero-order valence-electron chi connectivity index (χ0n) is 16.7. The molecule has 0 radical (unpaired) electrons. The van der Waals surface area contributed by atoms with Crippen LogP contribution >= 0.6 is 11.8 Å². The number of nitrogens with zero attached hydrogens (tertiary/aromatic N) is 1. The van der Waals surface area contributed by atoms with Crippen LogP contribution in [0, 0.1) is 17.0 Å². The standard InChI is InChI=1S/C21H25N3O4S/c1-4-5-9-20(25)22-16-7-6-8-18(12-16)29-15(3)21(26)23-19-13-17(24(27)28)11-10-14(19)2/h6-8,10-13,15H,4-5,9H2,1-3H3,(H,22,25)(H,23,26). The molecule has 0 heterocycles. The lowest BCUT2D eigenvalue weighted by atomic mass is 10.2. The van der Waals surface area contributed by atoms with Crippen molar-refractivity contribution < 1.29 is 14.5 Å². The lowest BCUT2D eigenvalue weighted by Crippen LogP contribution is -2.22. The van der Waals surface area contributed by atoms with Gasteiger partial charge in [-0.25, -0.2) is 0 Å². The molecular formula is C21H25N3O4S. The number of carbonyl (C=O) groups excluding carboxylic acids is 2. The zero-order valence-corrected chi connectivity index (χ0v) is 17.5. The van der Waals surface area contributed by atoms with Crippen LogP contribution in [-0.4, -0.2) is 22.0 Å². The van der Waals surface area contributed by atoms with Gasteiger partial charge in [0.15, 0.2) is 0 Å².